The van der Waals surface area contributed by atoms with Gasteiger partial charge < -0.3 is 20.9 Å². The van der Waals surface area contributed by atoms with E-state index in [9.17, 15) is 22.8 Å². The highest BCUT2D eigenvalue weighted by molar-refractivity contribution is 8.15. The molecule has 2 aliphatic rings. The normalized spacial score (nSPS) is 18.8. The molecule has 6 aromatic carbocycles. The van der Waals surface area contributed by atoms with Gasteiger partial charge in [0.1, 0.15) is 43.1 Å². The summed E-state index contributed by atoms with van der Waals surface area (Å²) in [6, 6.07) is 35.9. The van der Waals surface area contributed by atoms with Gasteiger partial charge in [0.25, 0.3) is 11.8 Å². The van der Waals surface area contributed by atoms with Crippen LogP contribution < -0.4 is 11.5 Å². The number of carbonyl (C=O) groups is 2. The highest BCUT2D eigenvalue weighted by Gasteiger charge is 2.55. The molecule has 2 unspecified atom stereocenters. The molecular weight excluding hydrogens is 1060 g/mol. The number of aryl methyl sites for hydroxylation is 2. The molecule has 2 aliphatic heterocycles. The summed E-state index contributed by atoms with van der Waals surface area (Å²) in [6.45, 7) is 8.18. The Balaban J connectivity index is 0.000000221. The SMILES string of the molecule is CCc1cccc(C2(CCCN)SC(c3cc(F)ccc3F)=NN2C(=O)[C@@](C)(OC)c2cccc(CC)c2)c1.CO[C@@](C)(C(=O)N1N=C(c2cc(F)ccc2F)SC1(CCCN)c1cccc(Cl)c1)c1cccc(Cl)c1. The van der Waals surface area contributed by atoms with Crippen molar-refractivity contribution in [1.29, 1.82) is 0 Å². The predicted octanol–water partition coefficient (Wildman–Crippen LogP) is 13.1. The van der Waals surface area contributed by atoms with Gasteiger partial charge in [-0.15, -0.1) is 0 Å². The molecule has 2 amide bonds. The number of halogens is 6. The molecule has 4 atom stereocenters. The Hall–Kier alpha value is -5.56. The number of ether oxygens (including phenoxy) is 2. The summed E-state index contributed by atoms with van der Waals surface area (Å²) in [7, 11) is 2.91. The van der Waals surface area contributed by atoms with E-state index >= 15 is 4.39 Å². The second kappa shape index (κ2) is 24.8. The summed E-state index contributed by atoms with van der Waals surface area (Å²) in [5.41, 5.74) is 13.8. The fraction of sp³-hybridized carbons (Fsp3) is 0.310. The van der Waals surface area contributed by atoms with Crippen LogP contribution in [-0.2, 0) is 52.8 Å². The zero-order chi connectivity index (χ0) is 55.0. The van der Waals surface area contributed by atoms with Gasteiger partial charge in [-0.05, 0) is 160 Å². The fourth-order valence-corrected chi connectivity index (χ4v) is 12.3. The van der Waals surface area contributed by atoms with E-state index in [1.165, 1.54) is 36.0 Å². The van der Waals surface area contributed by atoms with Crippen LogP contribution in [0.5, 0.6) is 0 Å². The topological polar surface area (TPSA) is 136 Å². The minimum absolute atomic E-state index is 0.00571. The molecule has 18 heteroatoms. The van der Waals surface area contributed by atoms with Crippen LogP contribution in [0.2, 0.25) is 10.0 Å². The van der Waals surface area contributed by atoms with Crippen LogP contribution in [0.15, 0.2) is 144 Å². The molecule has 2 heterocycles. The maximum atomic E-state index is 15.0. The van der Waals surface area contributed by atoms with Crippen LogP contribution in [0.1, 0.15) is 97.9 Å². The molecule has 76 heavy (non-hydrogen) atoms. The van der Waals surface area contributed by atoms with Crippen LogP contribution in [0.25, 0.3) is 0 Å². The number of hydrogen-bond acceptors (Lipinski definition) is 10. The van der Waals surface area contributed by atoms with E-state index in [-0.39, 0.29) is 21.2 Å². The zero-order valence-electron chi connectivity index (χ0n) is 43.0. The lowest BCUT2D eigenvalue weighted by Crippen LogP contribution is -2.50. The molecule has 0 radical (unpaired) electrons. The highest BCUT2D eigenvalue weighted by Crippen LogP contribution is 2.54. The van der Waals surface area contributed by atoms with E-state index in [0.29, 0.717) is 65.5 Å². The summed E-state index contributed by atoms with van der Waals surface area (Å²) < 4.78 is 70.0. The average molecular weight is 1120 g/mol. The molecule has 6 aromatic rings. The van der Waals surface area contributed by atoms with Gasteiger partial charge >= 0.3 is 0 Å². The molecule has 400 valence electrons. The molecule has 0 bridgehead atoms. The van der Waals surface area contributed by atoms with Crippen LogP contribution in [-0.4, -0.2) is 59.2 Å². The number of methoxy groups -OCH3 is 2. The minimum Gasteiger partial charge on any atom is -0.364 e. The first-order valence-electron chi connectivity index (χ1n) is 24.7. The number of rotatable bonds is 18. The Morgan fingerprint density at radius 1 is 0.579 bits per heavy atom. The quantitative estimate of drug-likeness (QED) is 0.0812. The first-order valence-corrected chi connectivity index (χ1v) is 27.1. The van der Waals surface area contributed by atoms with Crippen molar-refractivity contribution in [2.45, 2.75) is 87.2 Å². The minimum atomic E-state index is -1.50. The summed E-state index contributed by atoms with van der Waals surface area (Å²) in [4.78, 5) is 26.8. The first-order chi connectivity index (χ1) is 36.4. The second-order valence-electron chi connectivity index (χ2n) is 18.5. The third-order valence-electron chi connectivity index (χ3n) is 13.7. The summed E-state index contributed by atoms with van der Waals surface area (Å²) in [6.07, 6.45) is 3.50. The van der Waals surface area contributed by atoms with Gasteiger partial charge in [0.05, 0.1) is 0 Å². The van der Waals surface area contributed by atoms with Crippen molar-refractivity contribution in [2.24, 2.45) is 21.7 Å². The number of nitrogens with two attached hydrogens (primary N) is 2. The Labute approximate surface area is 460 Å². The van der Waals surface area contributed by atoms with Crippen molar-refractivity contribution in [2.75, 3.05) is 27.3 Å². The smallest absolute Gasteiger partial charge is 0.280 e. The van der Waals surface area contributed by atoms with Crippen LogP contribution in [0.4, 0.5) is 17.6 Å². The van der Waals surface area contributed by atoms with E-state index in [0.717, 1.165) is 77.7 Å². The molecule has 0 saturated carbocycles. The average Bonchev–Trinajstić information content (AvgIpc) is 4.08. The fourth-order valence-electron chi connectivity index (χ4n) is 9.10. The lowest BCUT2D eigenvalue weighted by molar-refractivity contribution is -0.158. The van der Waals surface area contributed by atoms with Crippen molar-refractivity contribution >= 4 is 68.6 Å². The van der Waals surface area contributed by atoms with Crippen molar-refractivity contribution in [3.8, 4) is 0 Å². The maximum Gasteiger partial charge on any atom is 0.280 e. The molecule has 0 saturated heterocycles. The number of hydrogen-bond donors (Lipinski definition) is 2. The molecule has 0 spiro atoms. The second-order valence-corrected chi connectivity index (χ2v) is 21.9. The molecule has 0 aliphatic carbocycles. The first kappa shape index (κ1) is 58.1. The summed E-state index contributed by atoms with van der Waals surface area (Å²) in [5, 5.41) is 13.3. The number of thioether (sulfide) groups is 2. The van der Waals surface area contributed by atoms with Gasteiger partial charge in [0.15, 0.2) is 11.2 Å². The number of carbonyl (C=O) groups excluding carboxylic acids is 2. The van der Waals surface area contributed by atoms with Crippen molar-refractivity contribution in [1.82, 2.24) is 10.0 Å². The lowest BCUT2D eigenvalue weighted by atomic mass is 9.90. The predicted molar refractivity (Wildman–Crippen MR) is 298 cm³/mol. The zero-order valence-corrected chi connectivity index (χ0v) is 46.2. The standard InChI is InChI=1S/C31H35F2N3O2S.C27H25Cl2F2N3O2S/c1-5-21-10-7-12-23(18-21)30(3,38-4)29(37)36-31(16-9-17-34,24-13-8-11-22(6-2)19-24)39-28(35-36)26-20-25(32)14-15-27(26)33;1-26(36-2,17-6-3-8-19(28)14-17)25(35)34-27(12-5-13-32,18-7-4-9-20(29)15-18)37-24(33-34)22-16-21(30)10-11-23(22)31/h7-8,10-15,18-20H,5-6,9,16-17,34H2,1-4H3;3-4,6-11,14-16H,5,12-13,32H2,1-2H3/t30-,31?;26-,27?/m01/s1. The van der Waals surface area contributed by atoms with Crippen LogP contribution in [0.3, 0.4) is 0 Å². The monoisotopic (exact) mass is 1110 g/mol. The van der Waals surface area contributed by atoms with E-state index in [4.69, 9.17) is 49.2 Å². The molecule has 4 N–H and O–H groups in total. The van der Waals surface area contributed by atoms with Crippen LogP contribution >= 0.6 is 46.7 Å². The van der Waals surface area contributed by atoms with Gasteiger partial charge in [0.2, 0.25) is 0 Å². The number of hydrazone groups is 2. The Morgan fingerprint density at radius 3 is 1.42 bits per heavy atom. The Bertz CT molecular complexity index is 3160. The van der Waals surface area contributed by atoms with Crippen molar-refractivity contribution in [3.05, 3.63) is 211 Å². The Kier molecular flexibility index (Phi) is 19.0. The van der Waals surface area contributed by atoms with Crippen molar-refractivity contribution < 1.29 is 36.6 Å². The molecule has 8 rings (SSSR count). The summed E-state index contributed by atoms with van der Waals surface area (Å²) in [5.74, 6) is -3.41. The molecule has 0 fully saturated rings. The van der Waals surface area contributed by atoms with Crippen LogP contribution in [0, 0.1) is 23.3 Å². The van der Waals surface area contributed by atoms with Gasteiger partial charge in [-0.2, -0.15) is 10.2 Å². The Morgan fingerprint density at radius 2 is 0.987 bits per heavy atom. The summed E-state index contributed by atoms with van der Waals surface area (Å²) >= 11 is 15.0. The number of amides is 2. The molecule has 0 aromatic heterocycles. The molecular formula is C58H60Cl2F4N6O4S2. The van der Waals surface area contributed by atoms with E-state index in [1.807, 2.05) is 61.5 Å². The highest BCUT2D eigenvalue weighted by atomic mass is 35.5. The van der Waals surface area contributed by atoms with Gasteiger partial charge in [-0.25, -0.2) is 27.6 Å². The van der Waals surface area contributed by atoms with E-state index in [1.54, 1.807) is 56.3 Å². The van der Waals surface area contributed by atoms with Gasteiger partial charge in [-0.1, -0.05) is 133 Å². The third-order valence-corrected chi connectivity index (χ3v) is 17.1. The van der Waals surface area contributed by atoms with Gasteiger partial charge in [0, 0.05) is 35.4 Å². The number of benzene rings is 6. The number of nitrogens with zero attached hydrogens (tertiary/aromatic N) is 4. The van der Waals surface area contributed by atoms with E-state index < -0.39 is 56.0 Å². The molecule has 10 nitrogen and oxygen atoms in total. The largest absolute Gasteiger partial charge is 0.364 e. The van der Waals surface area contributed by atoms with E-state index in [2.05, 4.69) is 12.0 Å². The lowest BCUT2D eigenvalue weighted by Gasteiger charge is -2.40. The third kappa shape index (κ3) is 11.8. The maximum absolute atomic E-state index is 15.0. The van der Waals surface area contributed by atoms with Crippen molar-refractivity contribution in [3.63, 3.8) is 0 Å². The van der Waals surface area contributed by atoms with Gasteiger partial charge in [-0.3, -0.25) is 9.59 Å².